The summed E-state index contributed by atoms with van der Waals surface area (Å²) in [6.45, 7) is 4.23. The second-order valence-corrected chi connectivity index (χ2v) is 7.60. The first kappa shape index (κ1) is 20.6. The Bertz CT molecular complexity index is 1060. The third kappa shape index (κ3) is 4.24. The Hall–Kier alpha value is -2.71. The Morgan fingerprint density at radius 2 is 2.13 bits per heavy atom. The molecule has 0 unspecified atom stereocenters. The van der Waals surface area contributed by atoms with Crippen LogP contribution in [0.5, 0.6) is 0 Å². The fourth-order valence-corrected chi connectivity index (χ4v) is 3.80. The highest BCUT2D eigenvalue weighted by Crippen LogP contribution is 2.28. The van der Waals surface area contributed by atoms with Gasteiger partial charge in [0.1, 0.15) is 5.82 Å². The maximum atomic E-state index is 13.3. The van der Waals surface area contributed by atoms with E-state index in [4.69, 9.17) is 16.3 Å². The molecule has 1 saturated heterocycles. The van der Waals surface area contributed by atoms with E-state index in [0.29, 0.717) is 36.6 Å². The molecule has 0 atom stereocenters. The van der Waals surface area contributed by atoms with Crippen molar-refractivity contribution in [2.75, 3.05) is 18.5 Å². The first-order chi connectivity index (χ1) is 14.6. The lowest BCUT2D eigenvalue weighted by atomic mass is 10.1. The number of benzene rings is 1. The van der Waals surface area contributed by atoms with E-state index in [1.807, 2.05) is 6.92 Å². The van der Waals surface area contributed by atoms with Crippen molar-refractivity contribution in [3.05, 3.63) is 52.6 Å². The normalized spacial score (nSPS) is 14.8. The van der Waals surface area contributed by atoms with Crippen molar-refractivity contribution in [2.45, 2.75) is 38.9 Å². The number of hydrogen-bond donors (Lipinski definition) is 2. The minimum absolute atomic E-state index is 0.181. The predicted molar refractivity (Wildman–Crippen MR) is 113 cm³/mol. The molecule has 1 fully saturated rings. The van der Waals surface area contributed by atoms with Crippen LogP contribution in [0.2, 0.25) is 5.02 Å². The highest BCUT2D eigenvalue weighted by molar-refractivity contribution is 6.31. The van der Waals surface area contributed by atoms with E-state index in [1.54, 1.807) is 23.1 Å². The van der Waals surface area contributed by atoms with Crippen LogP contribution in [0.25, 0.3) is 11.0 Å². The number of nitrogens with one attached hydrogen (secondary N) is 2. The number of fused-ring (bicyclic) bond motifs is 1. The minimum Gasteiger partial charge on any atom is -0.381 e. The molecular formula is C21H23ClFN5O2. The SMILES string of the molecule is CCn1ncc2c(NC3CCOCC3)c(C(=O)NCc3ccc(F)cc3Cl)cnc21. The third-order valence-electron chi connectivity index (χ3n) is 5.23. The number of nitrogens with zero attached hydrogens (tertiary/aromatic N) is 3. The van der Waals surface area contributed by atoms with Crippen LogP contribution in [0.3, 0.4) is 0 Å². The summed E-state index contributed by atoms with van der Waals surface area (Å²) in [5.74, 6) is -0.704. The summed E-state index contributed by atoms with van der Waals surface area (Å²) in [5.41, 5.74) is 2.51. The molecule has 9 heteroatoms. The van der Waals surface area contributed by atoms with Gasteiger partial charge < -0.3 is 15.4 Å². The van der Waals surface area contributed by atoms with Crippen LogP contribution in [0.4, 0.5) is 10.1 Å². The molecule has 2 aromatic heterocycles. The van der Waals surface area contributed by atoms with Crippen LogP contribution < -0.4 is 10.6 Å². The fourth-order valence-electron chi connectivity index (χ4n) is 3.57. The summed E-state index contributed by atoms with van der Waals surface area (Å²) in [7, 11) is 0. The lowest BCUT2D eigenvalue weighted by molar-refractivity contribution is 0.0904. The lowest BCUT2D eigenvalue weighted by Crippen LogP contribution is -2.30. The summed E-state index contributed by atoms with van der Waals surface area (Å²) >= 11 is 6.08. The second-order valence-electron chi connectivity index (χ2n) is 7.19. The standard InChI is InChI=1S/C21H23ClFN5O2/c1-2-28-20-16(12-26-28)19(27-15-5-7-30-8-6-15)17(11-24-20)21(29)25-10-13-3-4-14(23)9-18(13)22/h3-4,9,11-12,15H,2,5-8,10H2,1H3,(H,24,27)(H,25,29). The van der Waals surface area contributed by atoms with Gasteiger partial charge in [-0.05, 0) is 37.5 Å². The number of pyridine rings is 1. The van der Waals surface area contributed by atoms with E-state index in [1.165, 1.54) is 12.1 Å². The zero-order valence-electron chi connectivity index (χ0n) is 16.6. The average molecular weight is 432 g/mol. The molecule has 0 bridgehead atoms. The molecule has 0 spiro atoms. The number of carbonyl (C=O) groups excluding carboxylic acids is 1. The molecular weight excluding hydrogens is 409 g/mol. The van der Waals surface area contributed by atoms with Gasteiger partial charge in [-0.15, -0.1) is 0 Å². The quantitative estimate of drug-likeness (QED) is 0.621. The first-order valence-corrected chi connectivity index (χ1v) is 10.4. The topological polar surface area (TPSA) is 81.1 Å². The monoisotopic (exact) mass is 431 g/mol. The van der Waals surface area contributed by atoms with Crippen LogP contribution in [0, 0.1) is 5.82 Å². The second kappa shape index (κ2) is 8.97. The van der Waals surface area contributed by atoms with Crippen molar-refractivity contribution < 1.29 is 13.9 Å². The molecule has 158 valence electrons. The molecule has 1 amide bonds. The third-order valence-corrected chi connectivity index (χ3v) is 5.59. The first-order valence-electron chi connectivity index (χ1n) is 9.97. The van der Waals surface area contributed by atoms with Crippen molar-refractivity contribution in [1.82, 2.24) is 20.1 Å². The van der Waals surface area contributed by atoms with E-state index >= 15 is 0 Å². The van der Waals surface area contributed by atoms with Crippen LogP contribution in [0.15, 0.2) is 30.6 Å². The van der Waals surface area contributed by atoms with E-state index in [2.05, 4.69) is 20.7 Å². The molecule has 0 saturated carbocycles. The van der Waals surface area contributed by atoms with Crippen LogP contribution in [-0.2, 0) is 17.8 Å². The Morgan fingerprint density at radius 1 is 1.33 bits per heavy atom. The van der Waals surface area contributed by atoms with Crippen molar-refractivity contribution in [3.8, 4) is 0 Å². The summed E-state index contributed by atoms with van der Waals surface area (Å²) in [5, 5.41) is 11.8. The number of hydrogen-bond acceptors (Lipinski definition) is 5. The molecule has 3 aromatic rings. The Balaban J connectivity index is 1.62. The van der Waals surface area contributed by atoms with Crippen molar-refractivity contribution >= 4 is 34.2 Å². The number of amides is 1. The van der Waals surface area contributed by atoms with Gasteiger partial charge in [0.15, 0.2) is 5.65 Å². The number of anilines is 1. The molecule has 7 nitrogen and oxygen atoms in total. The predicted octanol–water partition coefficient (Wildman–Crippen LogP) is 3.76. The van der Waals surface area contributed by atoms with Crippen LogP contribution in [0.1, 0.15) is 35.7 Å². The van der Waals surface area contributed by atoms with Crippen molar-refractivity contribution in [1.29, 1.82) is 0 Å². The molecule has 3 heterocycles. The maximum absolute atomic E-state index is 13.3. The smallest absolute Gasteiger partial charge is 0.255 e. The number of rotatable bonds is 6. The molecule has 2 N–H and O–H groups in total. The minimum atomic E-state index is -0.416. The van der Waals surface area contributed by atoms with Gasteiger partial charge in [-0.3, -0.25) is 4.79 Å². The highest BCUT2D eigenvalue weighted by Gasteiger charge is 2.22. The summed E-state index contributed by atoms with van der Waals surface area (Å²) < 4.78 is 20.5. The van der Waals surface area contributed by atoms with Gasteiger partial charge >= 0.3 is 0 Å². The van der Waals surface area contributed by atoms with Crippen molar-refractivity contribution in [3.63, 3.8) is 0 Å². The van der Waals surface area contributed by atoms with E-state index < -0.39 is 5.82 Å². The van der Waals surface area contributed by atoms with Gasteiger partial charge in [0.05, 0.1) is 22.8 Å². The fraction of sp³-hybridized carbons (Fsp3) is 0.381. The molecule has 1 aromatic carbocycles. The molecule has 30 heavy (non-hydrogen) atoms. The van der Waals surface area contributed by atoms with Gasteiger partial charge in [-0.1, -0.05) is 17.7 Å². The largest absolute Gasteiger partial charge is 0.381 e. The number of ether oxygens (including phenoxy) is 1. The molecule has 1 aliphatic heterocycles. The molecule has 0 radical (unpaired) electrons. The molecule has 4 rings (SSSR count). The Morgan fingerprint density at radius 3 is 2.87 bits per heavy atom. The summed E-state index contributed by atoms with van der Waals surface area (Å²) in [4.78, 5) is 17.5. The molecule has 1 aliphatic rings. The zero-order valence-corrected chi connectivity index (χ0v) is 17.4. The average Bonchev–Trinajstić information content (AvgIpc) is 3.17. The number of halogens is 2. The van der Waals surface area contributed by atoms with Gasteiger partial charge in [-0.2, -0.15) is 5.10 Å². The highest BCUT2D eigenvalue weighted by atomic mass is 35.5. The van der Waals surface area contributed by atoms with Gasteiger partial charge in [0.2, 0.25) is 0 Å². The number of aryl methyl sites for hydroxylation is 1. The van der Waals surface area contributed by atoms with Gasteiger partial charge in [0.25, 0.3) is 5.91 Å². The summed E-state index contributed by atoms with van der Waals surface area (Å²) in [6, 6.07) is 4.31. The molecule has 0 aliphatic carbocycles. The van der Waals surface area contributed by atoms with Gasteiger partial charge in [0, 0.05) is 43.6 Å². The zero-order chi connectivity index (χ0) is 21.1. The summed E-state index contributed by atoms with van der Waals surface area (Å²) in [6.07, 6.45) is 5.02. The Kier molecular flexibility index (Phi) is 6.15. The lowest BCUT2D eigenvalue weighted by Gasteiger charge is -2.25. The Labute approximate surface area is 178 Å². The van der Waals surface area contributed by atoms with E-state index in [0.717, 1.165) is 23.9 Å². The van der Waals surface area contributed by atoms with Crippen molar-refractivity contribution in [2.24, 2.45) is 0 Å². The van der Waals surface area contributed by atoms with Crippen LogP contribution >= 0.6 is 11.6 Å². The maximum Gasteiger partial charge on any atom is 0.255 e. The number of carbonyl (C=O) groups is 1. The van der Waals surface area contributed by atoms with E-state index in [-0.39, 0.29) is 23.5 Å². The number of aromatic nitrogens is 3. The van der Waals surface area contributed by atoms with Gasteiger partial charge in [-0.25, -0.2) is 14.1 Å². The van der Waals surface area contributed by atoms with Crippen LogP contribution in [-0.4, -0.2) is 39.9 Å². The van der Waals surface area contributed by atoms with E-state index in [9.17, 15) is 9.18 Å².